The topological polar surface area (TPSA) is 75.1 Å². The standard InChI is InChI=1S/C16H15N3O2/c1-12-6-13(4-2-3-5-20)8-15(7-12)19-16(21)14-9-17-11-18-10-14/h6-11,20H,3,5H2,1H3,(H,19,21). The molecule has 1 aromatic carbocycles. The molecule has 0 bridgehead atoms. The lowest BCUT2D eigenvalue weighted by Crippen LogP contribution is -2.12. The summed E-state index contributed by atoms with van der Waals surface area (Å²) in [6.07, 6.45) is 4.72. The van der Waals surface area contributed by atoms with E-state index in [4.69, 9.17) is 5.11 Å². The van der Waals surface area contributed by atoms with Crippen LogP contribution in [0.4, 0.5) is 5.69 Å². The predicted molar refractivity (Wildman–Crippen MR) is 79.7 cm³/mol. The van der Waals surface area contributed by atoms with Crippen molar-refractivity contribution in [3.05, 3.63) is 53.6 Å². The molecule has 2 rings (SSSR count). The number of aliphatic hydroxyl groups excluding tert-OH is 1. The van der Waals surface area contributed by atoms with E-state index in [1.807, 2.05) is 19.1 Å². The summed E-state index contributed by atoms with van der Waals surface area (Å²) < 4.78 is 0. The number of carbonyl (C=O) groups excluding carboxylic acids is 1. The van der Waals surface area contributed by atoms with Gasteiger partial charge in [-0.05, 0) is 30.7 Å². The Morgan fingerprint density at radius 1 is 1.29 bits per heavy atom. The number of nitrogens with zero attached hydrogens (tertiary/aromatic N) is 2. The molecule has 0 aliphatic carbocycles. The number of carbonyl (C=O) groups is 1. The average molecular weight is 281 g/mol. The van der Waals surface area contributed by atoms with Gasteiger partial charge in [-0.2, -0.15) is 0 Å². The average Bonchev–Trinajstić information content (AvgIpc) is 2.48. The molecule has 1 aromatic heterocycles. The third-order valence-corrected chi connectivity index (χ3v) is 2.63. The summed E-state index contributed by atoms with van der Waals surface area (Å²) in [5.74, 6) is 5.54. The highest BCUT2D eigenvalue weighted by molar-refractivity contribution is 6.03. The molecule has 0 spiro atoms. The summed E-state index contributed by atoms with van der Waals surface area (Å²) in [6.45, 7) is 1.97. The smallest absolute Gasteiger partial charge is 0.258 e. The minimum atomic E-state index is -0.268. The Hall–Kier alpha value is -2.71. The molecular formula is C16H15N3O2. The first kappa shape index (κ1) is 14.7. The highest BCUT2D eigenvalue weighted by Gasteiger charge is 2.07. The van der Waals surface area contributed by atoms with Crippen LogP contribution in [-0.2, 0) is 0 Å². The Morgan fingerprint density at radius 3 is 2.76 bits per heavy atom. The molecule has 0 fully saturated rings. The lowest BCUT2D eigenvalue weighted by atomic mass is 10.1. The molecule has 5 heteroatoms. The number of hydrogen-bond acceptors (Lipinski definition) is 4. The van der Waals surface area contributed by atoms with Crippen LogP contribution in [0.5, 0.6) is 0 Å². The van der Waals surface area contributed by atoms with Crippen molar-refractivity contribution in [1.29, 1.82) is 0 Å². The summed E-state index contributed by atoms with van der Waals surface area (Å²) in [6, 6.07) is 5.57. The van der Waals surface area contributed by atoms with Gasteiger partial charge in [0.05, 0.1) is 12.2 Å². The first-order valence-corrected chi connectivity index (χ1v) is 6.47. The normalized spacial score (nSPS) is 9.62. The van der Waals surface area contributed by atoms with E-state index in [0.29, 0.717) is 17.7 Å². The highest BCUT2D eigenvalue weighted by Crippen LogP contribution is 2.15. The molecular weight excluding hydrogens is 266 g/mol. The van der Waals surface area contributed by atoms with Crippen molar-refractivity contribution >= 4 is 11.6 Å². The predicted octanol–water partition coefficient (Wildman–Crippen LogP) is 1.77. The molecule has 0 aliphatic rings. The zero-order valence-corrected chi connectivity index (χ0v) is 11.6. The zero-order chi connectivity index (χ0) is 15.1. The van der Waals surface area contributed by atoms with Crippen LogP contribution in [0, 0.1) is 18.8 Å². The molecule has 1 amide bonds. The number of anilines is 1. The van der Waals surface area contributed by atoms with E-state index < -0.39 is 0 Å². The maximum Gasteiger partial charge on any atom is 0.258 e. The van der Waals surface area contributed by atoms with Crippen molar-refractivity contribution in [2.45, 2.75) is 13.3 Å². The van der Waals surface area contributed by atoms with Crippen molar-refractivity contribution < 1.29 is 9.90 Å². The fourth-order valence-corrected chi connectivity index (χ4v) is 1.77. The lowest BCUT2D eigenvalue weighted by Gasteiger charge is -2.06. The highest BCUT2D eigenvalue weighted by atomic mass is 16.2. The van der Waals surface area contributed by atoms with Gasteiger partial charge in [-0.3, -0.25) is 4.79 Å². The summed E-state index contributed by atoms with van der Waals surface area (Å²) in [7, 11) is 0. The summed E-state index contributed by atoms with van der Waals surface area (Å²) in [5.41, 5.74) is 2.84. The summed E-state index contributed by atoms with van der Waals surface area (Å²) in [5, 5.41) is 11.5. The van der Waals surface area contributed by atoms with E-state index >= 15 is 0 Å². The molecule has 2 N–H and O–H groups in total. The van der Waals surface area contributed by atoms with Crippen LogP contribution in [0.15, 0.2) is 36.9 Å². The van der Waals surface area contributed by atoms with Gasteiger partial charge < -0.3 is 10.4 Å². The fraction of sp³-hybridized carbons (Fsp3) is 0.188. The molecule has 0 unspecified atom stereocenters. The van der Waals surface area contributed by atoms with E-state index in [-0.39, 0.29) is 12.5 Å². The second-order valence-corrected chi connectivity index (χ2v) is 4.44. The number of hydrogen-bond donors (Lipinski definition) is 2. The second-order valence-electron chi connectivity index (χ2n) is 4.44. The van der Waals surface area contributed by atoms with Gasteiger partial charge in [-0.15, -0.1) is 0 Å². The Labute approximate surface area is 123 Å². The van der Waals surface area contributed by atoms with Gasteiger partial charge in [-0.25, -0.2) is 9.97 Å². The Balaban J connectivity index is 2.17. The number of benzene rings is 1. The monoisotopic (exact) mass is 281 g/mol. The van der Waals surface area contributed by atoms with E-state index in [1.54, 1.807) is 6.07 Å². The Kier molecular flexibility index (Phi) is 5.02. The largest absolute Gasteiger partial charge is 0.395 e. The molecule has 2 aromatic rings. The molecule has 0 radical (unpaired) electrons. The van der Waals surface area contributed by atoms with Gasteiger partial charge in [0.15, 0.2) is 0 Å². The molecule has 0 atom stereocenters. The van der Waals surface area contributed by atoms with Crippen molar-refractivity contribution in [3.8, 4) is 11.8 Å². The molecule has 106 valence electrons. The zero-order valence-electron chi connectivity index (χ0n) is 11.6. The third-order valence-electron chi connectivity index (χ3n) is 2.63. The van der Waals surface area contributed by atoms with Crippen LogP contribution in [0.1, 0.15) is 27.9 Å². The maximum absolute atomic E-state index is 12.0. The number of aryl methyl sites for hydroxylation is 1. The Bertz CT molecular complexity index is 688. The minimum absolute atomic E-state index is 0.0381. The van der Waals surface area contributed by atoms with Crippen molar-refractivity contribution in [2.75, 3.05) is 11.9 Å². The van der Waals surface area contributed by atoms with Crippen molar-refractivity contribution in [3.63, 3.8) is 0 Å². The first-order valence-electron chi connectivity index (χ1n) is 6.47. The minimum Gasteiger partial charge on any atom is -0.395 e. The van der Waals surface area contributed by atoms with Gasteiger partial charge >= 0.3 is 0 Å². The lowest BCUT2D eigenvalue weighted by molar-refractivity contribution is 0.102. The maximum atomic E-state index is 12.0. The van der Waals surface area contributed by atoms with Gasteiger partial charge in [0.25, 0.3) is 5.91 Å². The van der Waals surface area contributed by atoms with Gasteiger partial charge in [0.2, 0.25) is 0 Å². The van der Waals surface area contributed by atoms with Gasteiger partial charge in [0, 0.05) is 30.1 Å². The number of nitrogens with one attached hydrogen (secondary N) is 1. The Morgan fingerprint density at radius 2 is 2.05 bits per heavy atom. The number of amides is 1. The van der Waals surface area contributed by atoms with E-state index in [9.17, 15) is 4.79 Å². The van der Waals surface area contributed by atoms with Crippen LogP contribution in [0.3, 0.4) is 0 Å². The first-order chi connectivity index (χ1) is 10.2. The van der Waals surface area contributed by atoms with E-state index in [2.05, 4.69) is 27.1 Å². The van der Waals surface area contributed by atoms with E-state index in [0.717, 1.165) is 11.1 Å². The van der Waals surface area contributed by atoms with E-state index in [1.165, 1.54) is 18.7 Å². The number of aromatic nitrogens is 2. The van der Waals surface area contributed by atoms with Crippen LogP contribution < -0.4 is 5.32 Å². The van der Waals surface area contributed by atoms with Gasteiger partial charge in [0.1, 0.15) is 6.33 Å². The third kappa shape index (κ3) is 4.41. The van der Waals surface area contributed by atoms with Crippen molar-refractivity contribution in [1.82, 2.24) is 9.97 Å². The molecule has 1 heterocycles. The van der Waals surface area contributed by atoms with Crippen LogP contribution in [0.25, 0.3) is 0 Å². The SMILES string of the molecule is Cc1cc(C#CCCO)cc(NC(=O)c2cncnc2)c1. The summed E-state index contributed by atoms with van der Waals surface area (Å²) >= 11 is 0. The fourth-order valence-electron chi connectivity index (χ4n) is 1.77. The quantitative estimate of drug-likeness (QED) is 0.841. The second kappa shape index (κ2) is 7.17. The van der Waals surface area contributed by atoms with Crippen molar-refractivity contribution in [2.24, 2.45) is 0 Å². The molecule has 0 saturated carbocycles. The van der Waals surface area contributed by atoms with Crippen LogP contribution in [-0.4, -0.2) is 27.6 Å². The van der Waals surface area contributed by atoms with Crippen LogP contribution in [0.2, 0.25) is 0 Å². The number of aliphatic hydroxyl groups is 1. The number of rotatable bonds is 3. The van der Waals surface area contributed by atoms with Gasteiger partial charge in [-0.1, -0.05) is 11.8 Å². The molecule has 5 nitrogen and oxygen atoms in total. The molecule has 0 aliphatic heterocycles. The molecule has 21 heavy (non-hydrogen) atoms. The molecule has 0 saturated heterocycles. The summed E-state index contributed by atoms with van der Waals surface area (Å²) in [4.78, 5) is 19.7. The van der Waals surface area contributed by atoms with Crippen LogP contribution >= 0.6 is 0 Å².